The molecule has 122 valence electrons. The fraction of sp³-hybridized carbons (Fsp3) is 0.562. The van der Waals surface area contributed by atoms with Crippen LogP contribution in [0, 0.1) is 5.92 Å². The van der Waals surface area contributed by atoms with Crippen LogP contribution in [0.25, 0.3) is 0 Å². The predicted octanol–water partition coefficient (Wildman–Crippen LogP) is 3.25. The minimum atomic E-state index is 0.0122. The Bertz CT molecular complexity index is 637. The number of carbonyl (C=O) groups is 1. The van der Waals surface area contributed by atoms with E-state index in [2.05, 4.69) is 20.3 Å². The highest BCUT2D eigenvalue weighted by Gasteiger charge is 2.37. The number of hydrogen-bond donors (Lipinski definition) is 2. The van der Waals surface area contributed by atoms with Crippen LogP contribution < -0.4 is 5.32 Å². The van der Waals surface area contributed by atoms with E-state index in [9.17, 15) is 4.79 Å². The van der Waals surface area contributed by atoms with Crippen molar-refractivity contribution in [1.82, 2.24) is 25.2 Å². The molecule has 0 spiro atoms. The second kappa shape index (κ2) is 6.31. The van der Waals surface area contributed by atoms with Gasteiger partial charge in [-0.25, -0.2) is 14.8 Å². The van der Waals surface area contributed by atoms with Crippen molar-refractivity contribution in [2.75, 3.05) is 6.54 Å². The normalized spacial score (nSPS) is 22.8. The van der Waals surface area contributed by atoms with Crippen molar-refractivity contribution in [2.45, 2.75) is 44.2 Å². The van der Waals surface area contributed by atoms with Gasteiger partial charge in [-0.3, -0.25) is 0 Å². The molecule has 0 aromatic carbocycles. The Morgan fingerprint density at radius 2 is 2.22 bits per heavy atom. The summed E-state index contributed by atoms with van der Waals surface area (Å²) in [7, 11) is 0. The molecule has 6 nitrogen and oxygen atoms in total. The lowest BCUT2D eigenvalue weighted by Crippen LogP contribution is -2.46. The number of likely N-dealkylation sites (tertiary alicyclic amines) is 1. The van der Waals surface area contributed by atoms with Gasteiger partial charge in [0.05, 0.1) is 12.1 Å². The van der Waals surface area contributed by atoms with Gasteiger partial charge >= 0.3 is 6.03 Å². The van der Waals surface area contributed by atoms with E-state index in [4.69, 9.17) is 0 Å². The van der Waals surface area contributed by atoms with E-state index in [0.29, 0.717) is 5.92 Å². The number of nitrogens with zero attached hydrogens (tertiary/aromatic N) is 3. The highest BCUT2D eigenvalue weighted by molar-refractivity contribution is 7.09. The summed E-state index contributed by atoms with van der Waals surface area (Å²) in [6.45, 7) is 0.784. The van der Waals surface area contributed by atoms with E-state index < -0.39 is 0 Å². The van der Waals surface area contributed by atoms with Crippen molar-refractivity contribution in [2.24, 2.45) is 5.92 Å². The van der Waals surface area contributed by atoms with Crippen LogP contribution in [0.1, 0.15) is 55.0 Å². The van der Waals surface area contributed by atoms with Crippen molar-refractivity contribution in [3.63, 3.8) is 0 Å². The molecule has 2 aromatic heterocycles. The average Bonchev–Trinajstić information content (AvgIpc) is 3.06. The summed E-state index contributed by atoms with van der Waals surface area (Å²) in [6, 6.07) is 0.120. The lowest BCUT2D eigenvalue weighted by atomic mass is 10.0. The third kappa shape index (κ3) is 3.10. The van der Waals surface area contributed by atoms with Gasteiger partial charge < -0.3 is 15.2 Å². The van der Waals surface area contributed by atoms with Gasteiger partial charge in [0.25, 0.3) is 0 Å². The number of H-pyrrole nitrogens is 1. The zero-order valence-corrected chi connectivity index (χ0v) is 13.8. The van der Waals surface area contributed by atoms with E-state index in [1.54, 1.807) is 17.5 Å². The van der Waals surface area contributed by atoms with Crippen molar-refractivity contribution >= 4 is 17.4 Å². The Morgan fingerprint density at radius 1 is 1.30 bits per heavy atom. The predicted molar refractivity (Wildman–Crippen MR) is 88.0 cm³/mol. The summed E-state index contributed by atoms with van der Waals surface area (Å²) in [5.41, 5.74) is 0. The zero-order chi connectivity index (χ0) is 15.6. The Labute approximate surface area is 139 Å². The first-order valence-corrected chi connectivity index (χ1v) is 9.16. The van der Waals surface area contributed by atoms with Crippen LogP contribution in [0.4, 0.5) is 4.79 Å². The highest BCUT2D eigenvalue weighted by atomic mass is 32.1. The molecule has 1 aliphatic carbocycles. The van der Waals surface area contributed by atoms with Crippen molar-refractivity contribution in [1.29, 1.82) is 0 Å². The van der Waals surface area contributed by atoms with Gasteiger partial charge in [0.1, 0.15) is 10.8 Å². The maximum absolute atomic E-state index is 12.9. The van der Waals surface area contributed by atoms with Gasteiger partial charge in [0.2, 0.25) is 0 Å². The van der Waals surface area contributed by atoms with Crippen LogP contribution in [0.15, 0.2) is 24.0 Å². The number of urea groups is 1. The number of aromatic amines is 1. The topological polar surface area (TPSA) is 73.9 Å². The molecule has 1 saturated heterocycles. The van der Waals surface area contributed by atoms with Crippen molar-refractivity contribution in [3.8, 4) is 0 Å². The summed E-state index contributed by atoms with van der Waals surface area (Å²) in [5.74, 6) is 1.43. The van der Waals surface area contributed by atoms with Crippen LogP contribution >= 0.6 is 11.3 Å². The largest absolute Gasteiger partial charge is 0.347 e. The van der Waals surface area contributed by atoms with Gasteiger partial charge in [-0.2, -0.15) is 0 Å². The van der Waals surface area contributed by atoms with Gasteiger partial charge in [-0.05, 0) is 38.0 Å². The van der Waals surface area contributed by atoms with Gasteiger partial charge in [-0.15, -0.1) is 11.3 Å². The first-order valence-electron chi connectivity index (χ1n) is 8.29. The number of imidazole rings is 1. The first-order chi connectivity index (χ1) is 11.3. The molecule has 2 amide bonds. The number of aromatic nitrogens is 3. The maximum atomic E-state index is 12.9. The fourth-order valence-corrected chi connectivity index (χ4v) is 4.11. The molecule has 7 heteroatoms. The quantitative estimate of drug-likeness (QED) is 0.903. The molecular formula is C16H21N5OS. The van der Waals surface area contributed by atoms with E-state index in [0.717, 1.165) is 36.6 Å². The lowest BCUT2D eigenvalue weighted by molar-refractivity contribution is 0.143. The standard InChI is InChI=1S/C16H21N5OS/c22-16(20-13(11-4-5-11)15-19-8-10-23-15)21-9-2-1-3-12(21)14-17-6-7-18-14/h6-8,10-13H,1-5,9H2,(H,17,18)(H,20,22)/t12-,13-/m1/s1. The highest BCUT2D eigenvalue weighted by Crippen LogP contribution is 2.42. The number of amides is 2. The number of nitrogens with one attached hydrogen (secondary N) is 2. The van der Waals surface area contributed by atoms with Gasteiger partial charge in [0.15, 0.2) is 0 Å². The third-order valence-corrected chi connectivity index (χ3v) is 5.55. The van der Waals surface area contributed by atoms with E-state index in [1.165, 1.54) is 12.8 Å². The van der Waals surface area contributed by atoms with Crippen LogP contribution in [0.3, 0.4) is 0 Å². The summed E-state index contributed by atoms with van der Waals surface area (Å²) < 4.78 is 0. The number of thiazole rings is 1. The molecule has 23 heavy (non-hydrogen) atoms. The monoisotopic (exact) mass is 331 g/mol. The summed E-state index contributed by atoms with van der Waals surface area (Å²) in [6.07, 6.45) is 10.9. The number of piperidine rings is 1. The Balaban J connectivity index is 1.50. The molecule has 0 unspecified atom stereocenters. The molecule has 0 bridgehead atoms. The SMILES string of the molecule is O=C(N[C@@H](c1nccs1)C1CC1)N1CCCC[C@@H]1c1ncc[nH]1. The smallest absolute Gasteiger partial charge is 0.318 e. The molecule has 2 N–H and O–H groups in total. The Kier molecular flexibility index (Phi) is 4.03. The first kappa shape index (κ1) is 14.7. The molecule has 2 aliphatic rings. The van der Waals surface area contributed by atoms with Crippen LogP contribution in [-0.4, -0.2) is 32.4 Å². The molecule has 0 radical (unpaired) electrons. The second-order valence-corrected chi connectivity index (χ2v) is 7.24. The van der Waals surface area contributed by atoms with Crippen molar-refractivity contribution in [3.05, 3.63) is 34.8 Å². The maximum Gasteiger partial charge on any atom is 0.318 e. The summed E-state index contributed by atoms with van der Waals surface area (Å²) in [5, 5.41) is 6.23. The fourth-order valence-electron chi connectivity index (χ4n) is 3.33. The lowest BCUT2D eigenvalue weighted by Gasteiger charge is -2.35. The number of hydrogen-bond acceptors (Lipinski definition) is 4. The molecule has 2 fully saturated rings. The third-order valence-electron chi connectivity index (χ3n) is 4.69. The molecule has 2 atom stereocenters. The van der Waals surface area contributed by atoms with Gasteiger partial charge in [-0.1, -0.05) is 0 Å². The average molecular weight is 331 g/mol. The molecule has 1 aliphatic heterocycles. The summed E-state index contributed by atoms with van der Waals surface area (Å²) >= 11 is 1.62. The Morgan fingerprint density at radius 3 is 2.91 bits per heavy atom. The van der Waals surface area contributed by atoms with Crippen LogP contribution in [0.2, 0.25) is 0 Å². The number of carbonyl (C=O) groups excluding carboxylic acids is 1. The van der Waals surface area contributed by atoms with Crippen molar-refractivity contribution < 1.29 is 4.79 Å². The van der Waals surface area contributed by atoms with E-state index >= 15 is 0 Å². The van der Waals surface area contributed by atoms with E-state index in [-0.39, 0.29) is 18.1 Å². The second-order valence-electron chi connectivity index (χ2n) is 6.31. The molecule has 1 saturated carbocycles. The van der Waals surface area contributed by atoms with Crippen LogP contribution in [0.5, 0.6) is 0 Å². The Hall–Kier alpha value is -1.89. The zero-order valence-electron chi connectivity index (χ0n) is 12.9. The number of rotatable bonds is 4. The van der Waals surface area contributed by atoms with E-state index in [1.807, 2.05) is 22.7 Å². The molecule has 4 rings (SSSR count). The molecule has 3 heterocycles. The molecule has 2 aromatic rings. The van der Waals surface area contributed by atoms with Crippen LogP contribution in [-0.2, 0) is 0 Å². The molecular weight excluding hydrogens is 310 g/mol. The summed E-state index contributed by atoms with van der Waals surface area (Å²) in [4.78, 5) is 26.8. The van der Waals surface area contributed by atoms with Gasteiger partial charge in [0, 0.05) is 30.5 Å². The minimum Gasteiger partial charge on any atom is -0.347 e. The minimum absolute atomic E-state index is 0.0122.